The summed E-state index contributed by atoms with van der Waals surface area (Å²) in [7, 11) is 0. The number of benzene rings is 1. The molecule has 4 heteroatoms. The van der Waals surface area contributed by atoms with E-state index in [1.807, 2.05) is 24.3 Å². The van der Waals surface area contributed by atoms with Crippen molar-refractivity contribution in [3.05, 3.63) is 40.8 Å². The zero-order chi connectivity index (χ0) is 14.5. The Labute approximate surface area is 125 Å². The van der Waals surface area contributed by atoms with E-state index in [1.165, 1.54) is 0 Å². The molecule has 0 atom stereocenters. The summed E-state index contributed by atoms with van der Waals surface area (Å²) >= 11 is 6.04. The van der Waals surface area contributed by atoms with E-state index in [9.17, 15) is 0 Å². The zero-order valence-electron chi connectivity index (χ0n) is 12.3. The molecule has 0 spiro atoms. The van der Waals surface area contributed by atoms with Crippen molar-refractivity contribution in [3.8, 4) is 11.3 Å². The number of hydrogen-bond acceptors (Lipinski definition) is 2. The number of nitrogens with zero attached hydrogens (tertiary/aromatic N) is 1. The van der Waals surface area contributed by atoms with Crippen LogP contribution < -0.4 is 5.32 Å². The number of aromatic amines is 1. The van der Waals surface area contributed by atoms with Gasteiger partial charge < -0.3 is 10.3 Å². The number of aromatic nitrogens is 2. The fourth-order valence-electron chi connectivity index (χ4n) is 2.20. The SMILES string of the molecule is Cc1[nH]c(CCCNC(C)C)nc1-c1cccc(Cl)c1. The van der Waals surface area contributed by atoms with Crippen LogP contribution in [0.15, 0.2) is 24.3 Å². The summed E-state index contributed by atoms with van der Waals surface area (Å²) in [5, 5.41) is 4.16. The quantitative estimate of drug-likeness (QED) is 0.791. The van der Waals surface area contributed by atoms with Gasteiger partial charge in [0.2, 0.25) is 0 Å². The molecule has 0 unspecified atom stereocenters. The summed E-state index contributed by atoms with van der Waals surface area (Å²) in [6.07, 6.45) is 2.04. The van der Waals surface area contributed by atoms with Crippen LogP contribution in [0.2, 0.25) is 5.02 Å². The normalized spacial score (nSPS) is 11.2. The Kier molecular flexibility index (Phi) is 5.21. The van der Waals surface area contributed by atoms with Gasteiger partial charge in [-0.3, -0.25) is 0 Å². The largest absolute Gasteiger partial charge is 0.346 e. The van der Waals surface area contributed by atoms with Gasteiger partial charge in [-0.15, -0.1) is 0 Å². The molecule has 2 aromatic rings. The van der Waals surface area contributed by atoms with Crippen molar-refractivity contribution in [3.63, 3.8) is 0 Å². The Morgan fingerprint density at radius 1 is 1.35 bits per heavy atom. The minimum Gasteiger partial charge on any atom is -0.346 e. The summed E-state index contributed by atoms with van der Waals surface area (Å²) in [5.41, 5.74) is 3.16. The lowest BCUT2D eigenvalue weighted by Gasteiger charge is -2.06. The first kappa shape index (κ1) is 15.1. The molecule has 0 aliphatic carbocycles. The van der Waals surface area contributed by atoms with Crippen LogP contribution in [0.4, 0.5) is 0 Å². The highest BCUT2D eigenvalue weighted by molar-refractivity contribution is 6.30. The number of nitrogens with one attached hydrogen (secondary N) is 2. The van der Waals surface area contributed by atoms with E-state index in [0.717, 1.165) is 47.2 Å². The Bertz CT molecular complexity index is 561. The summed E-state index contributed by atoms with van der Waals surface area (Å²) in [4.78, 5) is 8.06. The first-order chi connectivity index (χ1) is 9.56. The molecule has 0 radical (unpaired) electrons. The predicted octanol–water partition coefficient (Wildman–Crippen LogP) is 3.97. The maximum Gasteiger partial charge on any atom is 0.107 e. The van der Waals surface area contributed by atoms with Gasteiger partial charge in [-0.2, -0.15) is 0 Å². The van der Waals surface area contributed by atoms with Crippen LogP contribution in [0.25, 0.3) is 11.3 Å². The molecular weight excluding hydrogens is 270 g/mol. The van der Waals surface area contributed by atoms with Gasteiger partial charge in [0.25, 0.3) is 0 Å². The van der Waals surface area contributed by atoms with Crippen LogP contribution in [0.5, 0.6) is 0 Å². The molecule has 2 N–H and O–H groups in total. The fraction of sp³-hybridized carbons (Fsp3) is 0.438. The summed E-state index contributed by atoms with van der Waals surface area (Å²) in [6, 6.07) is 8.37. The van der Waals surface area contributed by atoms with Gasteiger partial charge in [0, 0.05) is 28.7 Å². The maximum atomic E-state index is 6.04. The van der Waals surface area contributed by atoms with E-state index < -0.39 is 0 Å². The van der Waals surface area contributed by atoms with Gasteiger partial charge in [0.15, 0.2) is 0 Å². The third kappa shape index (κ3) is 4.09. The number of halogens is 1. The fourth-order valence-corrected chi connectivity index (χ4v) is 2.39. The van der Waals surface area contributed by atoms with E-state index in [-0.39, 0.29) is 0 Å². The lowest BCUT2D eigenvalue weighted by molar-refractivity contribution is 0.567. The monoisotopic (exact) mass is 291 g/mol. The molecule has 0 aliphatic rings. The molecule has 1 aromatic heterocycles. The second kappa shape index (κ2) is 6.91. The number of imidazole rings is 1. The molecule has 1 aromatic carbocycles. The second-order valence-corrected chi connectivity index (χ2v) is 5.82. The van der Waals surface area contributed by atoms with Gasteiger partial charge in [0.05, 0.1) is 5.69 Å². The van der Waals surface area contributed by atoms with Crippen LogP contribution >= 0.6 is 11.6 Å². The molecule has 0 bridgehead atoms. The molecule has 1 heterocycles. The summed E-state index contributed by atoms with van der Waals surface area (Å²) in [6.45, 7) is 7.39. The van der Waals surface area contributed by atoms with Gasteiger partial charge >= 0.3 is 0 Å². The molecule has 108 valence electrons. The van der Waals surface area contributed by atoms with E-state index in [0.29, 0.717) is 6.04 Å². The van der Waals surface area contributed by atoms with Gasteiger partial charge in [0.1, 0.15) is 5.82 Å². The lowest BCUT2D eigenvalue weighted by atomic mass is 10.1. The Morgan fingerprint density at radius 2 is 2.15 bits per heavy atom. The highest BCUT2D eigenvalue weighted by Gasteiger charge is 2.09. The predicted molar refractivity (Wildman–Crippen MR) is 85.2 cm³/mol. The first-order valence-electron chi connectivity index (χ1n) is 7.11. The number of H-pyrrole nitrogens is 1. The minimum atomic E-state index is 0.537. The highest BCUT2D eigenvalue weighted by atomic mass is 35.5. The lowest BCUT2D eigenvalue weighted by Crippen LogP contribution is -2.24. The molecule has 0 saturated heterocycles. The van der Waals surface area contributed by atoms with Crippen molar-refractivity contribution in [2.75, 3.05) is 6.54 Å². The number of rotatable bonds is 6. The Morgan fingerprint density at radius 3 is 2.85 bits per heavy atom. The molecule has 0 fully saturated rings. The van der Waals surface area contributed by atoms with E-state index in [4.69, 9.17) is 16.6 Å². The van der Waals surface area contributed by atoms with Crippen molar-refractivity contribution < 1.29 is 0 Å². The Hall–Kier alpha value is -1.32. The molecule has 3 nitrogen and oxygen atoms in total. The first-order valence-corrected chi connectivity index (χ1v) is 7.49. The van der Waals surface area contributed by atoms with Gasteiger partial charge in [-0.25, -0.2) is 4.98 Å². The average Bonchev–Trinajstić information content (AvgIpc) is 2.76. The topological polar surface area (TPSA) is 40.7 Å². The number of aryl methyl sites for hydroxylation is 2. The third-order valence-corrected chi connectivity index (χ3v) is 3.41. The molecule has 2 rings (SSSR count). The van der Waals surface area contributed by atoms with Crippen molar-refractivity contribution in [2.24, 2.45) is 0 Å². The number of hydrogen-bond donors (Lipinski definition) is 2. The van der Waals surface area contributed by atoms with Crippen LogP contribution in [0, 0.1) is 6.92 Å². The second-order valence-electron chi connectivity index (χ2n) is 5.38. The average molecular weight is 292 g/mol. The minimum absolute atomic E-state index is 0.537. The molecule has 20 heavy (non-hydrogen) atoms. The van der Waals surface area contributed by atoms with Crippen LogP contribution in [0.3, 0.4) is 0 Å². The Balaban J connectivity index is 2.02. The van der Waals surface area contributed by atoms with Crippen molar-refractivity contribution in [1.29, 1.82) is 0 Å². The third-order valence-electron chi connectivity index (χ3n) is 3.17. The van der Waals surface area contributed by atoms with Crippen LogP contribution in [-0.4, -0.2) is 22.6 Å². The van der Waals surface area contributed by atoms with Crippen LogP contribution in [0.1, 0.15) is 31.8 Å². The molecule has 0 saturated carbocycles. The summed E-state index contributed by atoms with van der Waals surface area (Å²) in [5.74, 6) is 1.04. The summed E-state index contributed by atoms with van der Waals surface area (Å²) < 4.78 is 0. The molecule has 0 amide bonds. The smallest absolute Gasteiger partial charge is 0.107 e. The van der Waals surface area contributed by atoms with Crippen molar-refractivity contribution in [2.45, 2.75) is 39.7 Å². The van der Waals surface area contributed by atoms with E-state index >= 15 is 0 Å². The van der Waals surface area contributed by atoms with Gasteiger partial charge in [-0.05, 0) is 32.0 Å². The van der Waals surface area contributed by atoms with Gasteiger partial charge in [-0.1, -0.05) is 37.6 Å². The highest BCUT2D eigenvalue weighted by Crippen LogP contribution is 2.24. The van der Waals surface area contributed by atoms with E-state index in [2.05, 4.69) is 31.1 Å². The maximum absolute atomic E-state index is 6.04. The van der Waals surface area contributed by atoms with Crippen molar-refractivity contribution in [1.82, 2.24) is 15.3 Å². The molecule has 0 aliphatic heterocycles. The van der Waals surface area contributed by atoms with E-state index in [1.54, 1.807) is 0 Å². The van der Waals surface area contributed by atoms with Crippen molar-refractivity contribution >= 4 is 11.6 Å². The molecular formula is C16H22ClN3. The zero-order valence-corrected chi connectivity index (χ0v) is 13.1. The van der Waals surface area contributed by atoms with Crippen LogP contribution in [-0.2, 0) is 6.42 Å². The standard InChI is InChI=1S/C16H22ClN3/c1-11(2)18-9-5-8-15-19-12(3)16(20-15)13-6-4-7-14(17)10-13/h4,6-7,10-11,18H,5,8-9H2,1-3H3,(H,19,20).